The fourth-order valence-electron chi connectivity index (χ4n) is 4.53. The van der Waals surface area contributed by atoms with Gasteiger partial charge in [-0.05, 0) is 71.4 Å². The Morgan fingerprint density at radius 2 is 1.91 bits per heavy atom. The van der Waals surface area contributed by atoms with E-state index in [1.54, 1.807) is 7.11 Å². The average Bonchev–Trinajstić information content (AvgIpc) is 3.43. The number of nitrogens with zero attached hydrogens (tertiary/aromatic N) is 2. The van der Waals surface area contributed by atoms with E-state index in [-0.39, 0.29) is 11.3 Å². The Labute approximate surface area is 209 Å². The van der Waals surface area contributed by atoms with Gasteiger partial charge in [0.05, 0.1) is 23.8 Å². The molecule has 3 aliphatic heterocycles. The highest BCUT2D eigenvalue weighted by Gasteiger charge is 2.58. The number of methoxy groups -OCH3 is 1. The monoisotopic (exact) mass is 533 g/mol. The summed E-state index contributed by atoms with van der Waals surface area (Å²) in [5.41, 5.74) is 3.97. The molecule has 1 saturated heterocycles. The van der Waals surface area contributed by atoms with Gasteiger partial charge in [0.15, 0.2) is 0 Å². The molecule has 0 radical (unpaired) electrons. The van der Waals surface area contributed by atoms with Crippen molar-refractivity contribution in [2.24, 2.45) is 5.10 Å². The van der Waals surface area contributed by atoms with Crippen molar-refractivity contribution in [3.05, 3.63) is 98.9 Å². The summed E-state index contributed by atoms with van der Waals surface area (Å²) in [6, 6.07) is 23.7. The molecule has 3 aliphatic rings. The first kappa shape index (κ1) is 21.3. The minimum absolute atomic E-state index is 0.0747. The zero-order chi connectivity index (χ0) is 23.3. The molecule has 8 heteroatoms. The van der Waals surface area contributed by atoms with Gasteiger partial charge >= 0.3 is 5.85 Å². The molecule has 34 heavy (non-hydrogen) atoms. The van der Waals surface area contributed by atoms with Crippen molar-refractivity contribution in [3.8, 4) is 11.5 Å². The fraction of sp³-hybridized carbons (Fsp3) is 0.154. The smallest absolute Gasteiger partial charge is 0.314 e. The van der Waals surface area contributed by atoms with Crippen LogP contribution in [0.3, 0.4) is 0 Å². The highest BCUT2D eigenvalue weighted by molar-refractivity contribution is 9.10. The average molecular weight is 534 g/mol. The molecule has 2 atom stereocenters. The number of benzene rings is 3. The summed E-state index contributed by atoms with van der Waals surface area (Å²) < 4.78 is 12.9. The van der Waals surface area contributed by atoms with Gasteiger partial charge in [0.1, 0.15) is 11.5 Å². The molecule has 3 aromatic rings. The second kappa shape index (κ2) is 8.21. The summed E-state index contributed by atoms with van der Waals surface area (Å²) in [7, 11) is 1.65. The predicted molar refractivity (Wildman–Crippen MR) is 137 cm³/mol. The molecule has 0 aliphatic carbocycles. The number of carbonyl (C=O) groups is 1. The van der Waals surface area contributed by atoms with E-state index < -0.39 is 5.85 Å². The summed E-state index contributed by atoms with van der Waals surface area (Å²) in [6.45, 7) is 0. The van der Waals surface area contributed by atoms with Crippen molar-refractivity contribution in [3.63, 3.8) is 0 Å². The minimum Gasteiger partial charge on any atom is -0.497 e. The molecule has 6 nitrogen and oxygen atoms in total. The van der Waals surface area contributed by atoms with Crippen LogP contribution in [-0.4, -0.2) is 28.9 Å². The quantitative estimate of drug-likeness (QED) is 0.437. The first-order chi connectivity index (χ1) is 16.6. The lowest BCUT2D eigenvalue weighted by atomic mass is 9.95. The van der Waals surface area contributed by atoms with E-state index in [9.17, 15) is 4.79 Å². The van der Waals surface area contributed by atoms with Crippen molar-refractivity contribution in [2.75, 3.05) is 7.11 Å². The second-order valence-corrected chi connectivity index (χ2v) is 10.1. The molecule has 1 N–H and O–H groups in total. The summed E-state index contributed by atoms with van der Waals surface area (Å²) in [5.74, 6) is 0.339. The van der Waals surface area contributed by atoms with Crippen LogP contribution in [0.1, 0.15) is 29.2 Å². The normalized spacial score (nSPS) is 23.9. The van der Waals surface area contributed by atoms with Crippen molar-refractivity contribution in [1.29, 1.82) is 0 Å². The van der Waals surface area contributed by atoms with Crippen LogP contribution in [0.4, 0.5) is 4.79 Å². The number of nitrogens with one attached hydrogen (secondary N) is 1. The highest BCUT2D eigenvalue weighted by atomic mass is 79.9. The third-order valence-electron chi connectivity index (χ3n) is 6.17. The SMILES string of the molecule is COc1ccc(C2=NN3C(C2)c2ccccc2OC32NC(=O)SC2=Cc2ccc(Br)cc2)cc1. The Morgan fingerprint density at radius 3 is 2.68 bits per heavy atom. The van der Waals surface area contributed by atoms with Gasteiger partial charge in [-0.1, -0.05) is 46.3 Å². The van der Waals surface area contributed by atoms with Crippen LogP contribution in [0.25, 0.3) is 6.08 Å². The van der Waals surface area contributed by atoms with E-state index in [1.807, 2.05) is 77.8 Å². The number of amides is 1. The van der Waals surface area contributed by atoms with E-state index in [2.05, 4.69) is 27.3 Å². The van der Waals surface area contributed by atoms with E-state index >= 15 is 0 Å². The van der Waals surface area contributed by atoms with Gasteiger partial charge in [-0.2, -0.15) is 5.10 Å². The van der Waals surface area contributed by atoms with Crippen LogP contribution in [0.5, 0.6) is 11.5 Å². The van der Waals surface area contributed by atoms with Gasteiger partial charge in [-0.3, -0.25) is 10.1 Å². The first-order valence-electron chi connectivity index (χ1n) is 10.8. The molecule has 0 bridgehead atoms. The Bertz CT molecular complexity index is 1340. The highest BCUT2D eigenvalue weighted by Crippen LogP contribution is 2.52. The Morgan fingerprint density at radius 1 is 1.15 bits per heavy atom. The third kappa shape index (κ3) is 3.49. The number of fused-ring (bicyclic) bond motifs is 4. The van der Waals surface area contributed by atoms with E-state index in [0.717, 1.165) is 55.0 Å². The van der Waals surface area contributed by atoms with E-state index in [0.29, 0.717) is 6.42 Å². The summed E-state index contributed by atoms with van der Waals surface area (Å²) in [6.07, 6.45) is 2.68. The Kier molecular flexibility index (Phi) is 5.15. The summed E-state index contributed by atoms with van der Waals surface area (Å²) in [5, 5.41) is 9.84. The maximum atomic E-state index is 12.7. The van der Waals surface area contributed by atoms with Gasteiger partial charge in [-0.15, -0.1) is 0 Å². The van der Waals surface area contributed by atoms with Crippen LogP contribution in [0.2, 0.25) is 0 Å². The maximum absolute atomic E-state index is 12.7. The van der Waals surface area contributed by atoms with Crippen LogP contribution < -0.4 is 14.8 Å². The predicted octanol–water partition coefficient (Wildman–Crippen LogP) is 6.15. The van der Waals surface area contributed by atoms with Crippen LogP contribution in [0, 0.1) is 0 Å². The lowest BCUT2D eigenvalue weighted by molar-refractivity contribution is -0.0949. The molecule has 3 heterocycles. The number of thioether (sulfide) groups is 1. The van der Waals surface area contributed by atoms with Crippen molar-refractivity contribution in [2.45, 2.75) is 18.3 Å². The molecule has 6 rings (SSSR count). The molecular formula is C26H20BrN3O3S. The molecule has 0 saturated carbocycles. The third-order valence-corrected chi connectivity index (χ3v) is 7.60. The minimum atomic E-state index is -1.21. The first-order valence-corrected chi connectivity index (χ1v) is 12.4. The van der Waals surface area contributed by atoms with Crippen LogP contribution >= 0.6 is 27.7 Å². The summed E-state index contributed by atoms with van der Waals surface area (Å²) >= 11 is 4.62. The number of hydrogen-bond acceptors (Lipinski definition) is 6. The van der Waals surface area contributed by atoms with Crippen molar-refractivity contribution >= 4 is 44.7 Å². The lowest BCUT2D eigenvalue weighted by Gasteiger charge is -2.45. The number of hydrogen-bond donors (Lipinski definition) is 1. The zero-order valence-electron chi connectivity index (χ0n) is 18.2. The number of carbonyl (C=O) groups excluding carboxylic acids is 1. The van der Waals surface area contributed by atoms with Crippen LogP contribution in [-0.2, 0) is 0 Å². The Balaban J connectivity index is 1.48. The number of ether oxygens (including phenoxy) is 2. The topological polar surface area (TPSA) is 63.2 Å². The van der Waals surface area contributed by atoms with E-state index in [1.165, 1.54) is 0 Å². The molecule has 170 valence electrons. The molecule has 1 spiro atoms. The van der Waals surface area contributed by atoms with Gasteiger partial charge < -0.3 is 9.47 Å². The van der Waals surface area contributed by atoms with Crippen LogP contribution in [0.15, 0.2) is 87.3 Å². The number of rotatable bonds is 3. The standard InChI is InChI=1S/C26H20BrN3O3S/c1-32-19-12-8-17(9-13-19)21-15-22-20-4-2-3-5-23(20)33-26(30(22)29-21)24(34-25(31)28-26)14-16-6-10-18(27)11-7-16/h2-14,22H,15H2,1H3,(H,28,31). The lowest BCUT2D eigenvalue weighted by Crippen LogP contribution is -2.61. The summed E-state index contributed by atoms with van der Waals surface area (Å²) in [4.78, 5) is 13.5. The molecule has 2 unspecified atom stereocenters. The second-order valence-electron chi connectivity index (χ2n) is 8.20. The fourth-order valence-corrected chi connectivity index (χ4v) is 5.71. The molecule has 1 fully saturated rings. The van der Waals surface area contributed by atoms with Gasteiger partial charge in [0, 0.05) is 16.5 Å². The molecule has 3 aromatic carbocycles. The van der Waals surface area contributed by atoms with E-state index in [4.69, 9.17) is 14.6 Å². The molecule has 0 aromatic heterocycles. The zero-order valence-corrected chi connectivity index (χ0v) is 20.6. The van der Waals surface area contributed by atoms with Crippen molar-refractivity contribution in [1.82, 2.24) is 10.3 Å². The molecular weight excluding hydrogens is 514 g/mol. The van der Waals surface area contributed by atoms with Gasteiger partial charge in [0.25, 0.3) is 5.24 Å². The number of para-hydroxylation sites is 1. The number of halogens is 1. The maximum Gasteiger partial charge on any atom is 0.314 e. The van der Waals surface area contributed by atoms with Gasteiger partial charge in [-0.25, -0.2) is 5.01 Å². The number of hydrazone groups is 1. The van der Waals surface area contributed by atoms with Gasteiger partial charge in [0.2, 0.25) is 0 Å². The largest absolute Gasteiger partial charge is 0.497 e. The van der Waals surface area contributed by atoms with Crippen molar-refractivity contribution < 1.29 is 14.3 Å². The molecule has 1 amide bonds. The Hall–Kier alpha value is -3.23.